The van der Waals surface area contributed by atoms with Gasteiger partial charge in [0.2, 0.25) is 5.88 Å². The first-order chi connectivity index (χ1) is 12.7. The number of ether oxygens (including phenoxy) is 3. The summed E-state index contributed by atoms with van der Waals surface area (Å²) in [5.74, 6) is 2.63. The monoisotopic (exact) mass is 358 g/mol. The zero-order chi connectivity index (χ0) is 18.8. The van der Waals surface area contributed by atoms with E-state index in [0.717, 1.165) is 11.3 Å². The molecule has 7 heteroatoms. The largest absolute Gasteiger partial charge is 0.493 e. The summed E-state index contributed by atoms with van der Waals surface area (Å²) in [6.45, 7) is 5.55. The lowest BCUT2D eigenvalue weighted by Gasteiger charge is -2.15. The molecule has 140 valence electrons. The van der Waals surface area contributed by atoms with E-state index >= 15 is 0 Å². The van der Waals surface area contributed by atoms with Crippen molar-refractivity contribution >= 4 is 11.6 Å². The van der Waals surface area contributed by atoms with Crippen LogP contribution in [0.3, 0.4) is 0 Å². The van der Waals surface area contributed by atoms with Gasteiger partial charge in [-0.3, -0.25) is 4.99 Å². The SMILES string of the molecule is CCOc1cc(NC(=NC)NCc2cccnc2OCC)ccc1OC. The maximum atomic E-state index is 5.61. The van der Waals surface area contributed by atoms with Crippen molar-refractivity contribution in [2.75, 3.05) is 32.7 Å². The van der Waals surface area contributed by atoms with Gasteiger partial charge in [0, 0.05) is 37.1 Å². The summed E-state index contributed by atoms with van der Waals surface area (Å²) in [6, 6.07) is 9.50. The van der Waals surface area contributed by atoms with Gasteiger partial charge in [0.05, 0.1) is 20.3 Å². The Balaban J connectivity index is 2.05. The molecule has 0 atom stereocenters. The van der Waals surface area contributed by atoms with E-state index in [0.29, 0.717) is 43.1 Å². The van der Waals surface area contributed by atoms with Crippen LogP contribution in [0.15, 0.2) is 41.5 Å². The van der Waals surface area contributed by atoms with Crippen LogP contribution in [0.2, 0.25) is 0 Å². The molecule has 1 heterocycles. The molecule has 0 aliphatic carbocycles. The fraction of sp³-hybridized carbons (Fsp3) is 0.368. The molecule has 0 fully saturated rings. The van der Waals surface area contributed by atoms with Crippen molar-refractivity contribution in [3.63, 3.8) is 0 Å². The Bertz CT molecular complexity index is 734. The molecule has 7 nitrogen and oxygen atoms in total. The van der Waals surface area contributed by atoms with Crippen LogP contribution in [0.4, 0.5) is 5.69 Å². The molecule has 2 aromatic rings. The molecular formula is C19H26N4O3. The van der Waals surface area contributed by atoms with Crippen molar-refractivity contribution < 1.29 is 14.2 Å². The predicted octanol–water partition coefficient (Wildman–Crippen LogP) is 3.08. The van der Waals surface area contributed by atoms with Crippen molar-refractivity contribution in [2.24, 2.45) is 4.99 Å². The minimum Gasteiger partial charge on any atom is -0.493 e. The van der Waals surface area contributed by atoms with Crippen molar-refractivity contribution in [2.45, 2.75) is 20.4 Å². The van der Waals surface area contributed by atoms with Gasteiger partial charge in [-0.05, 0) is 32.0 Å². The molecule has 26 heavy (non-hydrogen) atoms. The van der Waals surface area contributed by atoms with E-state index in [9.17, 15) is 0 Å². The number of hydrogen-bond acceptors (Lipinski definition) is 5. The molecule has 0 amide bonds. The molecule has 0 aliphatic heterocycles. The Kier molecular flexibility index (Phi) is 7.54. The minimum absolute atomic E-state index is 0.539. The van der Waals surface area contributed by atoms with Crippen LogP contribution < -0.4 is 24.8 Å². The molecule has 1 aromatic carbocycles. The van der Waals surface area contributed by atoms with Crippen LogP contribution in [-0.4, -0.2) is 38.3 Å². The number of nitrogens with one attached hydrogen (secondary N) is 2. The lowest BCUT2D eigenvalue weighted by molar-refractivity contribution is 0.311. The lowest BCUT2D eigenvalue weighted by atomic mass is 10.2. The number of methoxy groups -OCH3 is 1. The van der Waals surface area contributed by atoms with Gasteiger partial charge in [0.25, 0.3) is 0 Å². The summed E-state index contributed by atoms with van der Waals surface area (Å²) >= 11 is 0. The smallest absolute Gasteiger partial charge is 0.218 e. The number of rotatable bonds is 8. The van der Waals surface area contributed by atoms with Crippen molar-refractivity contribution in [3.8, 4) is 17.4 Å². The van der Waals surface area contributed by atoms with Gasteiger partial charge in [0.1, 0.15) is 0 Å². The number of hydrogen-bond donors (Lipinski definition) is 2. The van der Waals surface area contributed by atoms with E-state index in [2.05, 4.69) is 20.6 Å². The third kappa shape index (κ3) is 5.27. The van der Waals surface area contributed by atoms with Gasteiger partial charge in [-0.15, -0.1) is 0 Å². The minimum atomic E-state index is 0.539. The molecule has 2 N–H and O–H groups in total. The average Bonchev–Trinajstić information content (AvgIpc) is 2.67. The molecule has 0 saturated heterocycles. The Morgan fingerprint density at radius 1 is 1.12 bits per heavy atom. The quantitative estimate of drug-likeness (QED) is 0.558. The molecule has 0 bridgehead atoms. The second-order valence-corrected chi connectivity index (χ2v) is 5.25. The van der Waals surface area contributed by atoms with Crippen molar-refractivity contribution in [1.29, 1.82) is 0 Å². The number of guanidine groups is 1. The van der Waals surface area contributed by atoms with E-state index in [-0.39, 0.29) is 0 Å². The second-order valence-electron chi connectivity index (χ2n) is 5.25. The summed E-state index contributed by atoms with van der Waals surface area (Å²) in [5, 5.41) is 6.50. The summed E-state index contributed by atoms with van der Waals surface area (Å²) < 4.78 is 16.5. The van der Waals surface area contributed by atoms with Crippen molar-refractivity contribution in [3.05, 3.63) is 42.1 Å². The first-order valence-corrected chi connectivity index (χ1v) is 8.57. The fourth-order valence-electron chi connectivity index (χ4n) is 2.34. The maximum Gasteiger partial charge on any atom is 0.218 e. The van der Waals surface area contributed by atoms with Gasteiger partial charge in [-0.25, -0.2) is 4.98 Å². The Morgan fingerprint density at radius 3 is 2.62 bits per heavy atom. The average molecular weight is 358 g/mol. The van der Waals surface area contributed by atoms with E-state index in [1.54, 1.807) is 20.4 Å². The summed E-state index contributed by atoms with van der Waals surface area (Å²) in [7, 11) is 3.34. The second kappa shape index (κ2) is 10.1. The van der Waals surface area contributed by atoms with Crippen LogP contribution >= 0.6 is 0 Å². The van der Waals surface area contributed by atoms with Crippen LogP contribution in [0.25, 0.3) is 0 Å². The Labute approximate surface area is 154 Å². The summed E-state index contributed by atoms with van der Waals surface area (Å²) in [5.41, 5.74) is 1.81. The maximum absolute atomic E-state index is 5.61. The van der Waals surface area contributed by atoms with Crippen LogP contribution in [-0.2, 0) is 6.54 Å². The topological polar surface area (TPSA) is 77.0 Å². The third-order valence-electron chi connectivity index (χ3n) is 3.53. The zero-order valence-electron chi connectivity index (χ0n) is 15.7. The van der Waals surface area contributed by atoms with Gasteiger partial charge < -0.3 is 24.8 Å². The standard InChI is InChI=1S/C19H26N4O3/c1-5-25-17-12-15(9-10-16(17)24-4)23-19(20-3)22-13-14-8-7-11-21-18(14)26-6-2/h7-12H,5-6,13H2,1-4H3,(H2,20,22,23). The summed E-state index contributed by atoms with van der Waals surface area (Å²) in [6.07, 6.45) is 1.72. The molecule has 0 saturated carbocycles. The zero-order valence-corrected chi connectivity index (χ0v) is 15.7. The van der Waals surface area contributed by atoms with Gasteiger partial charge >= 0.3 is 0 Å². The molecular weight excluding hydrogens is 332 g/mol. The number of nitrogens with zero attached hydrogens (tertiary/aromatic N) is 2. The van der Waals surface area contributed by atoms with Crippen LogP contribution in [0.5, 0.6) is 17.4 Å². The first-order valence-electron chi connectivity index (χ1n) is 8.57. The van der Waals surface area contributed by atoms with Gasteiger partial charge in [-0.1, -0.05) is 6.07 Å². The van der Waals surface area contributed by atoms with Crippen molar-refractivity contribution in [1.82, 2.24) is 10.3 Å². The number of anilines is 1. The molecule has 0 aliphatic rings. The summed E-state index contributed by atoms with van der Waals surface area (Å²) in [4.78, 5) is 8.51. The van der Waals surface area contributed by atoms with Gasteiger partial charge in [0.15, 0.2) is 17.5 Å². The van der Waals surface area contributed by atoms with E-state index in [1.165, 1.54) is 0 Å². The van der Waals surface area contributed by atoms with Crippen LogP contribution in [0.1, 0.15) is 19.4 Å². The highest BCUT2D eigenvalue weighted by atomic mass is 16.5. The highest BCUT2D eigenvalue weighted by Gasteiger charge is 2.08. The van der Waals surface area contributed by atoms with Gasteiger partial charge in [-0.2, -0.15) is 0 Å². The third-order valence-corrected chi connectivity index (χ3v) is 3.53. The molecule has 0 unspecified atom stereocenters. The predicted molar refractivity (Wildman–Crippen MR) is 103 cm³/mol. The molecule has 2 rings (SSSR count). The number of aliphatic imine (C=N–C) groups is 1. The molecule has 0 radical (unpaired) electrons. The highest BCUT2D eigenvalue weighted by molar-refractivity contribution is 5.93. The molecule has 1 aromatic heterocycles. The normalized spacial score (nSPS) is 11.0. The Morgan fingerprint density at radius 2 is 1.92 bits per heavy atom. The highest BCUT2D eigenvalue weighted by Crippen LogP contribution is 2.30. The van der Waals surface area contributed by atoms with E-state index < -0.39 is 0 Å². The van der Waals surface area contributed by atoms with E-state index in [1.807, 2.05) is 44.2 Å². The number of pyridine rings is 1. The number of benzene rings is 1. The number of aromatic nitrogens is 1. The lowest BCUT2D eigenvalue weighted by Crippen LogP contribution is -2.30. The molecule has 0 spiro atoms. The fourth-order valence-corrected chi connectivity index (χ4v) is 2.34. The Hall–Kier alpha value is -2.96. The van der Waals surface area contributed by atoms with Crippen LogP contribution in [0, 0.1) is 0 Å². The van der Waals surface area contributed by atoms with E-state index in [4.69, 9.17) is 14.2 Å². The first kappa shape index (κ1) is 19.4.